The van der Waals surface area contributed by atoms with E-state index in [1.165, 1.54) is 0 Å². The standard InChI is InChI=1S/C9H15S/c1-4-6-7-8-9(3)10-5-2/h9H,3-6H2,1-2H3. The summed E-state index contributed by atoms with van der Waals surface area (Å²) in [5.74, 6) is 7.28. The van der Waals surface area contributed by atoms with Gasteiger partial charge in [0, 0.05) is 6.42 Å². The predicted molar refractivity (Wildman–Crippen MR) is 50.0 cm³/mol. The zero-order chi connectivity index (χ0) is 7.82. The van der Waals surface area contributed by atoms with Crippen molar-refractivity contribution in [3.8, 4) is 11.8 Å². The second kappa shape index (κ2) is 7.02. The molecule has 0 saturated heterocycles. The summed E-state index contributed by atoms with van der Waals surface area (Å²) < 4.78 is 0. The lowest BCUT2D eigenvalue weighted by molar-refractivity contribution is 0.982. The van der Waals surface area contributed by atoms with Crippen LogP contribution in [0, 0.1) is 18.8 Å². The zero-order valence-electron chi connectivity index (χ0n) is 6.81. The molecule has 1 heteroatoms. The zero-order valence-corrected chi connectivity index (χ0v) is 7.63. The first-order valence-electron chi connectivity index (χ1n) is 3.74. The monoisotopic (exact) mass is 155 g/mol. The van der Waals surface area contributed by atoms with Crippen molar-refractivity contribution in [1.29, 1.82) is 0 Å². The summed E-state index contributed by atoms with van der Waals surface area (Å²) in [7, 11) is 0. The Morgan fingerprint density at radius 1 is 1.50 bits per heavy atom. The van der Waals surface area contributed by atoms with Gasteiger partial charge in [0.15, 0.2) is 0 Å². The highest BCUT2D eigenvalue weighted by Gasteiger charge is 1.91. The summed E-state index contributed by atoms with van der Waals surface area (Å²) in [6.45, 7) is 8.16. The maximum Gasteiger partial charge on any atom is 0.0657 e. The van der Waals surface area contributed by atoms with Crippen LogP contribution in [0.15, 0.2) is 0 Å². The lowest BCUT2D eigenvalue weighted by Gasteiger charge is -1.97. The lowest BCUT2D eigenvalue weighted by atomic mass is 10.3. The van der Waals surface area contributed by atoms with E-state index >= 15 is 0 Å². The minimum Gasteiger partial charge on any atom is -0.146 e. The fraction of sp³-hybridized carbons (Fsp3) is 0.667. The Kier molecular flexibility index (Phi) is 6.96. The molecule has 57 valence electrons. The van der Waals surface area contributed by atoms with E-state index < -0.39 is 0 Å². The van der Waals surface area contributed by atoms with Crippen molar-refractivity contribution in [2.24, 2.45) is 0 Å². The van der Waals surface area contributed by atoms with Crippen LogP contribution in [0.4, 0.5) is 0 Å². The maximum absolute atomic E-state index is 3.89. The molecule has 0 aromatic heterocycles. The fourth-order valence-electron chi connectivity index (χ4n) is 0.554. The Balaban J connectivity index is 3.37. The number of thioether (sulfide) groups is 1. The first kappa shape index (κ1) is 9.91. The van der Waals surface area contributed by atoms with Gasteiger partial charge in [-0.3, -0.25) is 0 Å². The number of hydrogen-bond acceptors (Lipinski definition) is 1. The molecule has 0 aromatic carbocycles. The van der Waals surface area contributed by atoms with Crippen LogP contribution in [0.25, 0.3) is 0 Å². The van der Waals surface area contributed by atoms with E-state index in [1.54, 1.807) is 11.8 Å². The number of rotatable bonds is 3. The molecule has 0 aliphatic rings. The third-order valence-electron chi connectivity index (χ3n) is 1.01. The molecule has 0 amide bonds. The summed E-state index contributed by atoms with van der Waals surface area (Å²) in [6.07, 6.45) is 2.16. The van der Waals surface area contributed by atoms with E-state index in [2.05, 4.69) is 32.6 Å². The van der Waals surface area contributed by atoms with Crippen LogP contribution in [-0.2, 0) is 0 Å². The normalized spacial score (nSPS) is 11.9. The van der Waals surface area contributed by atoms with Crippen LogP contribution in [-0.4, -0.2) is 11.0 Å². The molecule has 0 N–H and O–H groups in total. The van der Waals surface area contributed by atoms with Crippen molar-refractivity contribution >= 4 is 11.8 Å². The third-order valence-corrected chi connectivity index (χ3v) is 1.86. The minimum absolute atomic E-state index is 0.275. The van der Waals surface area contributed by atoms with Crippen LogP contribution >= 0.6 is 11.8 Å². The quantitative estimate of drug-likeness (QED) is 0.565. The average Bonchev–Trinajstić information content (AvgIpc) is 1.89. The van der Waals surface area contributed by atoms with Crippen molar-refractivity contribution in [2.45, 2.75) is 31.9 Å². The van der Waals surface area contributed by atoms with Crippen molar-refractivity contribution in [1.82, 2.24) is 0 Å². The van der Waals surface area contributed by atoms with Crippen molar-refractivity contribution < 1.29 is 0 Å². The van der Waals surface area contributed by atoms with Crippen LogP contribution in [0.2, 0.25) is 0 Å². The Morgan fingerprint density at radius 3 is 2.70 bits per heavy atom. The molecule has 0 spiro atoms. The fourth-order valence-corrected chi connectivity index (χ4v) is 1.12. The second-order valence-electron chi connectivity index (χ2n) is 2.02. The van der Waals surface area contributed by atoms with E-state index in [1.807, 2.05) is 0 Å². The number of unbranched alkanes of at least 4 members (excludes halogenated alkanes) is 1. The van der Waals surface area contributed by atoms with Gasteiger partial charge in [0.2, 0.25) is 0 Å². The summed E-state index contributed by atoms with van der Waals surface area (Å²) in [4.78, 5) is 0. The molecular weight excluding hydrogens is 140 g/mol. The molecule has 1 unspecified atom stereocenters. The van der Waals surface area contributed by atoms with E-state index in [0.717, 1.165) is 18.6 Å². The Morgan fingerprint density at radius 2 is 2.20 bits per heavy atom. The molecule has 0 rings (SSSR count). The molecule has 0 aliphatic carbocycles. The van der Waals surface area contributed by atoms with E-state index in [0.29, 0.717) is 0 Å². The van der Waals surface area contributed by atoms with Crippen molar-refractivity contribution in [3.63, 3.8) is 0 Å². The molecule has 0 saturated carbocycles. The molecular formula is C9H15S. The molecule has 0 nitrogen and oxygen atoms in total. The first-order chi connectivity index (χ1) is 4.81. The van der Waals surface area contributed by atoms with Gasteiger partial charge in [0.05, 0.1) is 5.25 Å². The molecule has 1 radical (unpaired) electrons. The summed E-state index contributed by atoms with van der Waals surface area (Å²) in [5.41, 5.74) is 0. The highest BCUT2D eigenvalue weighted by molar-refractivity contribution is 8.00. The number of hydrogen-bond donors (Lipinski definition) is 0. The van der Waals surface area contributed by atoms with Gasteiger partial charge in [-0.15, -0.1) is 17.7 Å². The first-order valence-corrected chi connectivity index (χ1v) is 4.79. The highest BCUT2D eigenvalue weighted by Crippen LogP contribution is 2.06. The third kappa shape index (κ3) is 6.04. The van der Waals surface area contributed by atoms with Crippen LogP contribution in [0.1, 0.15) is 26.7 Å². The van der Waals surface area contributed by atoms with Gasteiger partial charge in [0.25, 0.3) is 0 Å². The summed E-state index contributed by atoms with van der Waals surface area (Å²) in [5, 5.41) is 0.275. The molecule has 0 bridgehead atoms. The summed E-state index contributed by atoms with van der Waals surface area (Å²) >= 11 is 1.80. The molecule has 1 atom stereocenters. The summed E-state index contributed by atoms with van der Waals surface area (Å²) in [6, 6.07) is 0. The Hall–Kier alpha value is -0.0900. The smallest absolute Gasteiger partial charge is 0.0657 e. The van der Waals surface area contributed by atoms with Crippen LogP contribution in [0.3, 0.4) is 0 Å². The molecule has 0 aromatic rings. The van der Waals surface area contributed by atoms with Crippen LogP contribution in [0.5, 0.6) is 0 Å². The lowest BCUT2D eigenvalue weighted by Crippen LogP contribution is -1.90. The van der Waals surface area contributed by atoms with Gasteiger partial charge in [-0.05, 0) is 19.1 Å². The van der Waals surface area contributed by atoms with Crippen molar-refractivity contribution in [3.05, 3.63) is 6.92 Å². The molecule has 0 heterocycles. The highest BCUT2D eigenvalue weighted by atomic mass is 32.2. The van der Waals surface area contributed by atoms with E-state index in [9.17, 15) is 0 Å². The van der Waals surface area contributed by atoms with E-state index in [4.69, 9.17) is 0 Å². The Labute approximate surface area is 68.8 Å². The van der Waals surface area contributed by atoms with Gasteiger partial charge in [-0.1, -0.05) is 19.8 Å². The SMILES string of the molecule is [CH2]C(C#CCCC)SCC. The molecule has 10 heavy (non-hydrogen) atoms. The van der Waals surface area contributed by atoms with Gasteiger partial charge >= 0.3 is 0 Å². The van der Waals surface area contributed by atoms with Gasteiger partial charge in [-0.2, -0.15) is 0 Å². The Bertz CT molecular complexity index is 118. The predicted octanol–water partition coefficient (Wildman–Crippen LogP) is 2.75. The average molecular weight is 155 g/mol. The van der Waals surface area contributed by atoms with Crippen LogP contribution < -0.4 is 0 Å². The van der Waals surface area contributed by atoms with Gasteiger partial charge in [-0.25, -0.2) is 0 Å². The molecule has 0 aliphatic heterocycles. The molecule has 0 fully saturated rings. The van der Waals surface area contributed by atoms with Gasteiger partial charge < -0.3 is 0 Å². The minimum atomic E-state index is 0.275. The largest absolute Gasteiger partial charge is 0.146 e. The van der Waals surface area contributed by atoms with Crippen molar-refractivity contribution in [2.75, 3.05) is 5.75 Å². The second-order valence-corrected chi connectivity index (χ2v) is 3.49. The topological polar surface area (TPSA) is 0 Å². The maximum atomic E-state index is 3.89. The van der Waals surface area contributed by atoms with E-state index in [-0.39, 0.29) is 5.25 Å². The van der Waals surface area contributed by atoms with Gasteiger partial charge in [0.1, 0.15) is 0 Å².